The van der Waals surface area contributed by atoms with E-state index in [9.17, 15) is 18.3 Å². The Morgan fingerprint density at radius 1 is 0.860 bits per heavy atom. The summed E-state index contributed by atoms with van der Waals surface area (Å²) in [6.45, 7) is 9.01. The van der Waals surface area contributed by atoms with Gasteiger partial charge in [0.15, 0.2) is 6.29 Å². The summed E-state index contributed by atoms with van der Waals surface area (Å²) in [5.41, 5.74) is 3.18. The zero-order valence-electron chi connectivity index (χ0n) is 29.8. The van der Waals surface area contributed by atoms with Crippen molar-refractivity contribution in [2.75, 3.05) is 6.54 Å². The molecule has 1 amide bonds. The zero-order chi connectivity index (χ0) is 35.5. The fourth-order valence-electron chi connectivity index (χ4n) is 7.92. The molecule has 3 aromatic rings. The van der Waals surface area contributed by atoms with Gasteiger partial charge in [-0.3, -0.25) is 9.69 Å². The molecule has 0 spiro atoms. The van der Waals surface area contributed by atoms with E-state index in [2.05, 4.69) is 21.9 Å². The number of benzene rings is 3. The van der Waals surface area contributed by atoms with Gasteiger partial charge in [-0.1, -0.05) is 86.5 Å². The van der Waals surface area contributed by atoms with Crippen molar-refractivity contribution in [1.82, 2.24) is 14.9 Å². The molecule has 2 saturated heterocycles. The van der Waals surface area contributed by atoms with Gasteiger partial charge >= 0.3 is 0 Å². The second-order valence-corrected chi connectivity index (χ2v) is 17.1. The topological polar surface area (TPSA) is 117 Å². The molecule has 7 unspecified atom stereocenters. The van der Waals surface area contributed by atoms with Gasteiger partial charge in [-0.05, 0) is 81.2 Å². The summed E-state index contributed by atoms with van der Waals surface area (Å²) in [4.78, 5) is 16.5. The van der Waals surface area contributed by atoms with Crippen molar-refractivity contribution in [2.45, 2.75) is 120 Å². The molecule has 3 fully saturated rings. The van der Waals surface area contributed by atoms with Crippen LogP contribution in [0.1, 0.15) is 101 Å². The van der Waals surface area contributed by atoms with Crippen LogP contribution in [0.15, 0.2) is 83.8 Å². The number of aliphatic hydroxyl groups is 1. The Balaban J connectivity index is 1.25. The maximum atomic E-state index is 13.8. The van der Waals surface area contributed by atoms with Crippen molar-refractivity contribution >= 4 is 15.9 Å². The van der Waals surface area contributed by atoms with Crippen LogP contribution in [0, 0.1) is 11.8 Å². The van der Waals surface area contributed by atoms with Crippen LogP contribution in [0.4, 0.5) is 0 Å². The maximum absolute atomic E-state index is 13.8. The highest BCUT2D eigenvalue weighted by atomic mass is 32.2. The predicted molar refractivity (Wildman–Crippen MR) is 193 cm³/mol. The number of nitrogens with one attached hydrogen (secondary N) is 2. The number of ether oxygens (including phenoxy) is 2. The maximum Gasteiger partial charge on any atom is 0.240 e. The summed E-state index contributed by atoms with van der Waals surface area (Å²) in [6, 6.07) is 24.0. The van der Waals surface area contributed by atoms with Gasteiger partial charge in [0.1, 0.15) is 0 Å². The smallest absolute Gasteiger partial charge is 0.240 e. The Morgan fingerprint density at radius 3 is 2.20 bits per heavy atom. The van der Waals surface area contributed by atoms with Crippen LogP contribution in [0.2, 0.25) is 0 Å². The second kappa shape index (κ2) is 15.6. The fraction of sp³-hybridized carbons (Fsp3) is 0.525. The van der Waals surface area contributed by atoms with Gasteiger partial charge in [0.25, 0.3) is 0 Å². The van der Waals surface area contributed by atoms with E-state index in [1.807, 2.05) is 69.3 Å². The van der Waals surface area contributed by atoms with Crippen molar-refractivity contribution in [3.63, 3.8) is 0 Å². The first-order valence-corrected chi connectivity index (χ1v) is 19.6. The van der Waals surface area contributed by atoms with Gasteiger partial charge in [0.2, 0.25) is 15.9 Å². The van der Waals surface area contributed by atoms with Crippen LogP contribution in [-0.2, 0) is 37.4 Å². The van der Waals surface area contributed by atoms with E-state index in [0.29, 0.717) is 18.5 Å². The van der Waals surface area contributed by atoms with Crippen LogP contribution >= 0.6 is 0 Å². The molecular formula is C40H53N3O6S. The average Bonchev–Trinajstić information content (AvgIpc) is 3.11. The number of rotatable bonds is 10. The van der Waals surface area contributed by atoms with E-state index in [1.165, 1.54) is 19.3 Å². The number of hydrogen-bond acceptors (Lipinski definition) is 7. The number of aliphatic hydroxyl groups excluding tert-OH is 1. The molecule has 6 rings (SSSR count). The lowest BCUT2D eigenvalue weighted by molar-refractivity contribution is -0.278. The SMILES string of the molecule is CC1C(CN2C(C(=O)NC(C)(C)C)CCC3CCCCC32)OC(c2ccc(CNS(=O)(=O)c3ccccc3)cc2)OC1c1ccc(CO)cc1. The zero-order valence-corrected chi connectivity index (χ0v) is 30.6. The molecule has 1 aliphatic carbocycles. The molecule has 10 heteroatoms. The Bertz CT molecular complexity index is 1680. The molecular weight excluding hydrogens is 651 g/mol. The van der Waals surface area contributed by atoms with E-state index in [1.54, 1.807) is 30.3 Å². The molecule has 0 radical (unpaired) electrons. The first kappa shape index (κ1) is 36.7. The minimum Gasteiger partial charge on any atom is -0.392 e. The Hall–Kier alpha value is -3.12. The molecule has 0 bridgehead atoms. The quantitative estimate of drug-likeness (QED) is 0.224. The summed E-state index contributed by atoms with van der Waals surface area (Å²) >= 11 is 0. The minimum atomic E-state index is -3.64. The molecule has 1 saturated carbocycles. The number of hydrogen-bond donors (Lipinski definition) is 3. The lowest BCUT2D eigenvalue weighted by atomic mass is 9.75. The molecule has 2 heterocycles. The van der Waals surface area contributed by atoms with Crippen molar-refractivity contribution in [3.8, 4) is 0 Å². The van der Waals surface area contributed by atoms with Crippen LogP contribution in [0.3, 0.4) is 0 Å². The van der Waals surface area contributed by atoms with E-state index < -0.39 is 16.3 Å². The third-order valence-corrected chi connectivity index (χ3v) is 12.0. The van der Waals surface area contributed by atoms with Gasteiger partial charge in [0, 0.05) is 36.2 Å². The number of carbonyl (C=O) groups excluding carboxylic acids is 1. The molecule has 7 atom stereocenters. The molecule has 9 nitrogen and oxygen atoms in total. The number of sulfonamides is 1. The normalized spacial score (nSPS) is 27.7. The second-order valence-electron chi connectivity index (χ2n) is 15.3. The number of fused-ring (bicyclic) bond motifs is 1. The Kier molecular flexibility index (Phi) is 11.5. The molecule has 3 aliphatic rings. The number of carbonyl (C=O) groups is 1. The van der Waals surface area contributed by atoms with E-state index >= 15 is 0 Å². The van der Waals surface area contributed by atoms with Crippen LogP contribution < -0.4 is 10.0 Å². The van der Waals surface area contributed by atoms with E-state index in [4.69, 9.17) is 9.47 Å². The highest BCUT2D eigenvalue weighted by molar-refractivity contribution is 7.89. The monoisotopic (exact) mass is 703 g/mol. The van der Waals surface area contributed by atoms with Crippen LogP contribution in [-0.4, -0.2) is 54.6 Å². The summed E-state index contributed by atoms with van der Waals surface area (Å²) in [7, 11) is -3.64. The van der Waals surface area contributed by atoms with Crippen molar-refractivity contribution in [3.05, 3.63) is 101 Å². The number of likely N-dealkylation sites (tertiary alicyclic amines) is 1. The highest BCUT2D eigenvalue weighted by Gasteiger charge is 2.46. The lowest BCUT2D eigenvalue weighted by Crippen LogP contribution is -2.61. The van der Waals surface area contributed by atoms with Crippen LogP contribution in [0.25, 0.3) is 0 Å². The predicted octanol–water partition coefficient (Wildman–Crippen LogP) is 6.39. The first-order valence-electron chi connectivity index (χ1n) is 18.1. The summed E-state index contributed by atoms with van der Waals surface area (Å²) in [5, 5.41) is 12.9. The molecule has 2 aliphatic heterocycles. The Morgan fingerprint density at radius 2 is 1.52 bits per heavy atom. The van der Waals surface area contributed by atoms with Gasteiger partial charge in [-0.2, -0.15) is 0 Å². The van der Waals surface area contributed by atoms with Crippen molar-refractivity contribution in [1.29, 1.82) is 0 Å². The first-order chi connectivity index (χ1) is 23.9. The Labute approximate surface area is 297 Å². The lowest BCUT2D eigenvalue weighted by Gasteiger charge is -2.51. The molecule has 3 aromatic carbocycles. The largest absolute Gasteiger partial charge is 0.392 e. The summed E-state index contributed by atoms with van der Waals surface area (Å²) < 4.78 is 41.9. The van der Waals surface area contributed by atoms with Gasteiger partial charge < -0.3 is 19.9 Å². The molecule has 3 N–H and O–H groups in total. The number of nitrogens with zero attached hydrogens (tertiary/aromatic N) is 1. The molecule has 270 valence electrons. The summed E-state index contributed by atoms with van der Waals surface area (Å²) in [5.74, 6) is 0.655. The van der Waals surface area contributed by atoms with E-state index in [-0.39, 0.29) is 53.7 Å². The van der Waals surface area contributed by atoms with Gasteiger partial charge in [-0.25, -0.2) is 13.1 Å². The number of piperidine rings is 1. The third kappa shape index (κ3) is 8.66. The van der Waals surface area contributed by atoms with Gasteiger partial charge in [-0.15, -0.1) is 0 Å². The fourth-order valence-corrected chi connectivity index (χ4v) is 8.96. The van der Waals surface area contributed by atoms with E-state index in [0.717, 1.165) is 41.5 Å². The highest BCUT2D eigenvalue weighted by Crippen LogP contribution is 2.44. The van der Waals surface area contributed by atoms with Crippen molar-refractivity contribution in [2.24, 2.45) is 11.8 Å². The number of amides is 1. The van der Waals surface area contributed by atoms with Crippen LogP contribution in [0.5, 0.6) is 0 Å². The average molecular weight is 704 g/mol. The summed E-state index contributed by atoms with van der Waals surface area (Å²) in [6.07, 6.45) is 5.46. The van der Waals surface area contributed by atoms with Crippen molar-refractivity contribution < 1.29 is 27.8 Å². The standard InChI is InChI=1S/C40H53N3O6S/c1-27-36(25-43-34-13-9-8-10-30(34)22-23-35(43)38(45)42-40(2,3)4)48-39(49-37(27)31-18-16-29(26-44)17-19-31)32-20-14-28(15-21-32)24-41-50(46,47)33-11-6-5-7-12-33/h5-7,11-12,14-21,27,30,34-37,39,41,44H,8-10,13,22-26H2,1-4H3,(H,42,45). The minimum absolute atomic E-state index is 0.0202. The third-order valence-electron chi connectivity index (χ3n) is 10.6. The van der Waals surface area contributed by atoms with Gasteiger partial charge in [0.05, 0.1) is 29.8 Å². The molecule has 50 heavy (non-hydrogen) atoms. The molecule has 0 aromatic heterocycles.